The maximum absolute atomic E-state index is 5.81. The van der Waals surface area contributed by atoms with Gasteiger partial charge < -0.3 is 15.0 Å². The summed E-state index contributed by atoms with van der Waals surface area (Å²) in [5.41, 5.74) is 0. The maximum Gasteiger partial charge on any atom is 0.0701 e. The highest BCUT2D eigenvalue weighted by Crippen LogP contribution is 2.13. The van der Waals surface area contributed by atoms with Gasteiger partial charge in [-0.2, -0.15) is 0 Å². The van der Waals surface area contributed by atoms with Crippen molar-refractivity contribution in [2.45, 2.75) is 64.5 Å². The first-order valence-electron chi connectivity index (χ1n) is 7.79. The molecule has 0 aromatic carbocycles. The Kier molecular flexibility index (Phi) is 8.64. The smallest absolute Gasteiger partial charge is 0.0701 e. The second kappa shape index (κ2) is 9.76. The van der Waals surface area contributed by atoms with Crippen molar-refractivity contribution in [1.29, 1.82) is 0 Å². The van der Waals surface area contributed by atoms with Crippen molar-refractivity contribution in [2.24, 2.45) is 0 Å². The Balaban J connectivity index is 2.23. The van der Waals surface area contributed by atoms with Crippen molar-refractivity contribution in [1.82, 2.24) is 10.2 Å². The van der Waals surface area contributed by atoms with Gasteiger partial charge in [0.15, 0.2) is 0 Å². The number of likely N-dealkylation sites (N-methyl/N-ethyl adjacent to an activating group) is 1. The average molecular weight is 256 g/mol. The van der Waals surface area contributed by atoms with E-state index in [2.05, 4.69) is 31.1 Å². The van der Waals surface area contributed by atoms with E-state index in [1.807, 2.05) is 0 Å². The van der Waals surface area contributed by atoms with Crippen LogP contribution in [0.2, 0.25) is 0 Å². The minimum Gasteiger partial charge on any atom is -0.377 e. The van der Waals surface area contributed by atoms with Gasteiger partial charge in [0, 0.05) is 25.7 Å². The lowest BCUT2D eigenvalue weighted by Crippen LogP contribution is -2.43. The Hall–Kier alpha value is -0.120. The lowest BCUT2D eigenvalue weighted by Gasteiger charge is -2.30. The topological polar surface area (TPSA) is 24.5 Å². The zero-order valence-electron chi connectivity index (χ0n) is 12.6. The summed E-state index contributed by atoms with van der Waals surface area (Å²) in [6.45, 7) is 8.84. The Morgan fingerprint density at radius 3 is 2.72 bits per heavy atom. The van der Waals surface area contributed by atoms with Gasteiger partial charge in [-0.15, -0.1) is 0 Å². The van der Waals surface area contributed by atoms with E-state index in [1.54, 1.807) is 0 Å². The van der Waals surface area contributed by atoms with Gasteiger partial charge >= 0.3 is 0 Å². The third kappa shape index (κ3) is 6.72. The van der Waals surface area contributed by atoms with Gasteiger partial charge in [0.05, 0.1) is 6.10 Å². The standard InChI is InChI=1S/C15H32N2O/c1-4-8-14(16-10-5-2)12-17(3)13-15-9-6-7-11-18-15/h14-16H,4-13H2,1-3H3. The molecule has 1 saturated heterocycles. The highest BCUT2D eigenvalue weighted by molar-refractivity contribution is 4.73. The molecule has 18 heavy (non-hydrogen) atoms. The van der Waals surface area contributed by atoms with Crippen LogP contribution >= 0.6 is 0 Å². The molecule has 1 N–H and O–H groups in total. The number of nitrogens with one attached hydrogen (secondary N) is 1. The van der Waals surface area contributed by atoms with E-state index in [1.165, 1.54) is 38.5 Å². The summed E-state index contributed by atoms with van der Waals surface area (Å²) in [4.78, 5) is 2.44. The first kappa shape index (κ1) is 15.9. The Morgan fingerprint density at radius 2 is 2.11 bits per heavy atom. The molecule has 3 heteroatoms. The van der Waals surface area contributed by atoms with E-state index < -0.39 is 0 Å². The van der Waals surface area contributed by atoms with Crippen LogP contribution in [0.3, 0.4) is 0 Å². The highest BCUT2D eigenvalue weighted by Gasteiger charge is 2.17. The van der Waals surface area contributed by atoms with Gasteiger partial charge in [0.1, 0.15) is 0 Å². The second-order valence-electron chi connectivity index (χ2n) is 5.65. The van der Waals surface area contributed by atoms with E-state index in [-0.39, 0.29) is 0 Å². The molecular weight excluding hydrogens is 224 g/mol. The van der Waals surface area contributed by atoms with Crippen LogP contribution in [0, 0.1) is 0 Å². The second-order valence-corrected chi connectivity index (χ2v) is 5.65. The first-order chi connectivity index (χ1) is 8.76. The van der Waals surface area contributed by atoms with E-state index in [9.17, 15) is 0 Å². The molecule has 0 amide bonds. The van der Waals surface area contributed by atoms with Crippen molar-refractivity contribution < 1.29 is 4.74 Å². The molecule has 2 unspecified atom stereocenters. The SMILES string of the molecule is CCCNC(CCC)CN(C)CC1CCCCO1. The Morgan fingerprint density at radius 1 is 1.28 bits per heavy atom. The molecule has 1 aliphatic heterocycles. The molecule has 1 rings (SSSR count). The minimum atomic E-state index is 0.470. The van der Waals surface area contributed by atoms with Gasteiger partial charge in [-0.25, -0.2) is 0 Å². The van der Waals surface area contributed by atoms with Gasteiger partial charge in [-0.1, -0.05) is 20.3 Å². The van der Waals surface area contributed by atoms with Crippen molar-refractivity contribution in [3.8, 4) is 0 Å². The zero-order chi connectivity index (χ0) is 13.2. The predicted octanol–water partition coefficient (Wildman–Crippen LogP) is 2.66. The normalized spacial score (nSPS) is 22.3. The average Bonchev–Trinajstić information content (AvgIpc) is 2.37. The molecule has 0 aliphatic carbocycles. The number of nitrogens with zero attached hydrogens (tertiary/aromatic N) is 1. The highest BCUT2D eigenvalue weighted by atomic mass is 16.5. The van der Waals surface area contributed by atoms with Crippen molar-refractivity contribution >= 4 is 0 Å². The number of rotatable bonds is 9. The molecule has 0 saturated carbocycles. The molecule has 1 fully saturated rings. The maximum atomic E-state index is 5.81. The Bertz CT molecular complexity index is 193. The third-order valence-electron chi connectivity index (χ3n) is 3.64. The molecule has 1 aliphatic rings. The molecular formula is C15H32N2O. The van der Waals surface area contributed by atoms with Crippen molar-refractivity contribution in [2.75, 3.05) is 33.3 Å². The predicted molar refractivity (Wildman–Crippen MR) is 78.1 cm³/mol. The molecule has 0 radical (unpaired) electrons. The van der Waals surface area contributed by atoms with Crippen LogP contribution in [0.25, 0.3) is 0 Å². The number of hydrogen-bond acceptors (Lipinski definition) is 3. The monoisotopic (exact) mass is 256 g/mol. The van der Waals surface area contributed by atoms with Crippen LogP contribution in [0.5, 0.6) is 0 Å². The summed E-state index contributed by atoms with van der Waals surface area (Å²) in [5.74, 6) is 0. The van der Waals surface area contributed by atoms with Crippen LogP contribution in [0.15, 0.2) is 0 Å². The quantitative estimate of drug-likeness (QED) is 0.686. The van der Waals surface area contributed by atoms with Gasteiger partial charge in [0.2, 0.25) is 0 Å². The Labute approximate surface area is 113 Å². The lowest BCUT2D eigenvalue weighted by atomic mass is 10.1. The number of ether oxygens (including phenoxy) is 1. The molecule has 2 atom stereocenters. The molecule has 0 spiro atoms. The summed E-state index contributed by atoms with van der Waals surface area (Å²) in [6.07, 6.45) is 8.05. The molecule has 108 valence electrons. The molecule has 0 aromatic heterocycles. The van der Waals surface area contributed by atoms with E-state index in [0.29, 0.717) is 12.1 Å². The summed E-state index contributed by atoms with van der Waals surface area (Å²) >= 11 is 0. The fraction of sp³-hybridized carbons (Fsp3) is 1.00. The largest absolute Gasteiger partial charge is 0.377 e. The lowest BCUT2D eigenvalue weighted by molar-refractivity contribution is -0.00270. The number of hydrogen-bond donors (Lipinski definition) is 1. The summed E-state index contributed by atoms with van der Waals surface area (Å²) in [7, 11) is 2.23. The fourth-order valence-electron chi connectivity index (χ4n) is 2.70. The molecule has 3 nitrogen and oxygen atoms in total. The van der Waals surface area contributed by atoms with Crippen LogP contribution in [0.4, 0.5) is 0 Å². The minimum absolute atomic E-state index is 0.470. The van der Waals surface area contributed by atoms with Crippen LogP contribution in [-0.4, -0.2) is 50.3 Å². The summed E-state index contributed by atoms with van der Waals surface area (Å²) < 4.78 is 5.81. The third-order valence-corrected chi connectivity index (χ3v) is 3.64. The summed E-state index contributed by atoms with van der Waals surface area (Å²) in [6, 6.07) is 0.642. The van der Waals surface area contributed by atoms with E-state index in [4.69, 9.17) is 4.74 Å². The fourth-order valence-corrected chi connectivity index (χ4v) is 2.70. The van der Waals surface area contributed by atoms with E-state index >= 15 is 0 Å². The molecule has 1 heterocycles. The van der Waals surface area contributed by atoms with E-state index in [0.717, 1.165) is 26.2 Å². The van der Waals surface area contributed by atoms with Crippen LogP contribution < -0.4 is 5.32 Å². The molecule has 0 aromatic rings. The van der Waals surface area contributed by atoms with Crippen molar-refractivity contribution in [3.63, 3.8) is 0 Å². The van der Waals surface area contributed by atoms with Gasteiger partial charge in [0.25, 0.3) is 0 Å². The van der Waals surface area contributed by atoms with Crippen molar-refractivity contribution in [3.05, 3.63) is 0 Å². The van der Waals surface area contributed by atoms with Crippen LogP contribution in [0.1, 0.15) is 52.4 Å². The summed E-state index contributed by atoms with van der Waals surface area (Å²) in [5, 5.41) is 3.66. The van der Waals surface area contributed by atoms with Gasteiger partial charge in [-0.05, 0) is 45.7 Å². The zero-order valence-corrected chi connectivity index (χ0v) is 12.6. The van der Waals surface area contributed by atoms with Gasteiger partial charge in [-0.3, -0.25) is 0 Å². The molecule has 0 bridgehead atoms. The first-order valence-corrected chi connectivity index (χ1v) is 7.79. The van der Waals surface area contributed by atoms with Crippen LogP contribution in [-0.2, 0) is 4.74 Å².